The van der Waals surface area contributed by atoms with E-state index in [-0.39, 0.29) is 12.4 Å². The van der Waals surface area contributed by atoms with Crippen LogP contribution >= 0.6 is 12.4 Å². The second-order valence-electron chi connectivity index (χ2n) is 3.18. The number of rotatable bonds is 2. The summed E-state index contributed by atoms with van der Waals surface area (Å²) < 4.78 is 0. The Bertz CT molecular complexity index is 339. The van der Waals surface area contributed by atoms with Crippen LogP contribution in [0.1, 0.15) is 22.7 Å². The van der Waals surface area contributed by atoms with E-state index in [1.165, 1.54) is 0 Å². The molecule has 0 saturated carbocycles. The lowest BCUT2D eigenvalue weighted by molar-refractivity contribution is -0.138. The molecule has 0 spiro atoms. The number of aryl methyl sites for hydroxylation is 2. The first kappa shape index (κ1) is 12.9. The monoisotopic (exact) mass is 215 g/mol. The van der Waals surface area contributed by atoms with Crippen molar-refractivity contribution in [2.75, 3.05) is 0 Å². The van der Waals surface area contributed by atoms with Gasteiger partial charge in [-0.25, -0.2) is 0 Å². The molecular weight excluding hydrogens is 202 g/mol. The van der Waals surface area contributed by atoms with Crippen molar-refractivity contribution in [3.05, 3.63) is 34.9 Å². The molecule has 0 aliphatic rings. The molecule has 0 saturated heterocycles. The van der Waals surface area contributed by atoms with Gasteiger partial charge in [0.25, 0.3) is 0 Å². The molecule has 0 bridgehead atoms. The van der Waals surface area contributed by atoms with Gasteiger partial charge in [-0.05, 0) is 25.0 Å². The standard InChI is InChI=1S/C10H13NO2.ClH/c1-6-3-4-7(2)8(5-6)9(11)10(12)13;/h3-5,9H,11H2,1-2H3,(H,12,13);1H. The highest BCUT2D eigenvalue weighted by atomic mass is 35.5. The molecule has 0 fully saturated rings. The summed E-state index contributed by atoms with van der Waals surface area (Å²) in [5.41, 5.74) is 8.14. The van der Waals surface area contributed by atoms with E-state index >= 15 is 0 Å². The van der Waals surface area contributed by atoms with E-state index in [0.717, 1.165) is 11.1 Å². The van der Waals surface area contributed by atoms with E-state index in [4.69, 9.17) is 10.8 Å². The van der Waals surface area contributed by atoms with Gasteiger partial charge in [0.1, 0.15) is 6.04 Å². The fraction of sp³-hybridized carbons (Fsp3) is 0.300. The van der Waals surface area contributed by atoms with Crippen molar-refractivity contribution >= 4 is 18.4 Å². The number of nitrogens with two attached hydrogens (primary N) is 1. The number of halogens is 1. The molecule has 3 N–H and O–H groups in total. The van der Waals surface area contributed by atoms with Gasteiger partial charge in [-0.3, -0.25) is 4.79 Å². The van der Waals surface area contributed by atoms with Gasteiger partial charge in [-0.15, -0.1) is 12.4 Å². The molecular formula is C10H14ClNO2. The molecule has 1 atom stereocenters. The Hall–Kier alpha value is -1.06. The van der Waals surface area contributed by atoms with Crippen LogP contribution in [0.4, 0.5) is 0 Å². The summed E-state index contributed by atoms with van der Waals surface area (Å²) in [5, 5.41) is 8.73. The molecule has 0 heterocycles. The van der Waals surface area contributed by atoms with Crippen LogP contribution in [-0.4, -0.2) is 11.1 Å². The first-order chi connectivity index (χ1) is 6.02. The minimum atomic E-state index is -0.992. The Morgan fingerprint density at radius 1 is 1.43 bits per heavy atom. The molecule has 4 heteroatoms. The second-order valence-corrected chi connectivity index (χ2v) is 3.18. The predicted molar refractivity (Wildman–Crippen MR) is 57.7 cm³/mol. The van der Waals surface area contributed by atoms with Gasteiger partial charge in [-0.2, -0.15) is 0 Å². The Kier molecular flexibility index (Phi) is 4.60. The van der Waals surface area contributed by atoms with Gasteiger partial charge in [0.05, 0.1) is 0 Å². The third-order valence-electron chi connectivity index (χ3n) is 2.04. The topological polar surface area (TPSA) is 63.3 Å². The highest BCUT2D eigenvalue weighted by molar-refractivity contribution is 5.85. The van der Waals surface area contributed by atoms with Crippen molar-refractivity contribution in [1.82, 2.24) is 0 Å². The van der Waals surface area contributed by atoms with Crippen LogP contribution in [0.2, 0.25) is 0 Å². The molecule has 0 amide bonds. The fourth-order valence-electron chi connectivity index (χ4n) is 1.23. The lowest BCUT2D eigenvalue weighted by atomic mass is 10.00. The minimum absolute atomic E-state index is 0. The number of hydrogen-bond donors (Lipinski definition) is 2. The highest BCUT2D eigenvalue weighted by Gasteiger charge is 2.15. The van der Waals surface area contributed by atoms with Crippen molar-refractivity contribution in [3.8, 4) is 0 Å². The summed E-state index contributed by atoms with van der Waals surface area (Å²) in [4.78, 5) is 10.6. The number of aliphatic carboxylic acids is 1. The molecule has 0 aliphatic heterocycles. The first-order valence-electron chi connectivity index (χ1n) is 4.08. The van der Waals surface area contributed by atoms with Gasteiger partial charge >= 0.3 is 5.97 Å². The molecule has 1 aromatic rings. The van der Waals surface area contributed by atoms with Crippen molar-refractivity contribution in [1.29, 1.82) is 0 Å². The molecule has 3 nitrogen and oxygen atoms in total. The fourth-order valence-corrected chi connectivity index (χ4v) is 1.23. The number of benzene rings is 1. The Morgan fingerprint density at radius 2 is 2.00 bits per heavy atom. The number of carboxylic acids is 1. The average molecular weight is 216 g/mol. The maximum absolute atomic E-state index is 10.6. The van der Waals surface area contributed by atoms with E-state index in [1.807, 2.05) is 32.0 Å². The maximum Gasteiger partial charge on any atom is 0.325 e. The summed E-state index contributed by atoms with van der Waals surface area (Å²) in [7, 11) is 0. The lowest BCUT2D eigenvalue weighted by Crippen LogP contribution is -2.21. The highest BCUT2D eigenvalue weighted by Crippen LogP contribution is 2.17. The maximum atomic E-state index is 10.6. The van der Waals surface area contributed by atoms with Crippen molar-refractivity contribution < 1.29 is 9.90 Å². The normalized spacial score (nSPS) is 11.6. The molecule has 78 valence electrons. The van der Waals surface area contributed by atoms with Crippen LogP contribution in [0.15, 0.2) is 18.2 Å². The van der Waals surface area contributed by atoms with Crippen LogP contribution in [0.25, 0.3) is 0 Å². The lowest BCUT2D eigenvalue weighted by Gasteiger charge is -2.10. The molecule has 0 aromatic heterocycles. The smallest absolute Gasteiger partial charge is 0.325 e. The number of carbonyl (C=O) groups is 1. The molecule has 0 aliphatic carbocycles. The van der Waals surface area contributed by atoms with Crippen molar-refractivity contribution in [2.45, 2.75) is 19.9 Å². The number of carboxylic acid groups (broad SMARTS) is 1. The van der Waals surface area contributed by atoms with Gasteiger partial charge in [-0.1, -0.05) is 23.8 Å². The van der Waals surface area contributed by atoms with Crippen LogP contribution in [-0.2, 0) is 4.79 Å². The van der Waals surface area contributed by atoms with Gasteiger partial charge in [0.2, 0.25) is 0 Å². The van der Waals surface area contributed by atoms with E-state index < -0.39 is 12.0 Å². The summed E-state index contributed by atoms with van der Waals surface area (Å²) in [6, 6.07) is 4.72. The number of hydrogen-bond acceptors (Lipinski definition) is 2. The Morgan fingerprint density at radius 3 is 2.50 bits per heavy atom. The van der Waals surface area contributed by atoms with Crippen molar-refractivity contribution in [2.24, 2.45) is 5.73 Å². The van der Waals surface area contributed by atoms with Crippen LogP contribution in [0.5, 0.6) is 0 Å². The predicted octanol–water partition coefficient (Wildman–Crippen LogP) is 1.81. The zero-order valence-corrected chi connectivity index (χ0v) is 8.97. The molecule has 1 rings (SSSR count). The first-order valence-corrected chi connectivity index (χ1v) is 4.08. The third-order valence-corrected chi connectivity index (χ3v) is 2.04. The van der Waals surface area contributed by atoms with Gasteiger partial charge in [0.15, 0.2) is 0 Å². The zero-order chi connectivity index (χ0) is 10.0. The van der Waals surface area contributed by atoms with E-state index in [2.05, 4.69) is 0 Å². The van der Waals surface area contributed by atoms with Crippen LogP contribution < -0.4 is 5.73 Å². The molecule has 1 aromatic carbocycles. The van der Waals surface area contributed by atoms with E-state index in [1.54, 1.807) is 0 Å². The zero-order valence-electron chi connectivity index (χ0n) is 8.15. The van der Waals surface area contributed by atoms with Crippen LogP contribution in [0.3, 0.4) is 0 Å². The van der Waals surface area contributed by atoms with Crippen molar-refractivity contribution in [3.63, 3.8) is 0 Å². The quantitative estimate of drug-likeness (QED) is 0.791. The van der Waals surface area contributed by atoms with E-state index in [0.29, 0.717) is 5.56 Å². The molecule has 0 radical (unpaired) electrons. The van der Waals surface area contributed by atoms with Gasteiger partial charge in [0, 0.05) is 0 Å². The molecule has 14 heavy (non-hydrogen) atoms. The third kappa shape index (κ3) is 2.72. The SMILES string of the molecule is Cc1ccc(C)c(C(N)C(=O)O)c1.Cl. The largest absolute Gasteiger partial charge is 0.480 e. The summed E-state index contributed by atoms with van der Waals surface area (Å²) in [6.07, 6.45) is 0. The Balaban J connectivity index is 0.00000169. The van der Waals surface area contributed by atoms with Crippen LogP contribution in [0, 0.1) is 13.8 Å². The summed E-state index contributed by atoms with van der Waals surface area (Å²) in [6.45, 7) is 3.77. The summed E-state index contributed by atoms with van der Waals surface area (Å²) in [5.74, 6) is -0.992. The van der Waals surface area contributed by atoms with Gasteiger partial charge < -0.3 is 10.8 Å². The molecule has 1 unspecified atom stereocenters. The minimum Gasteiger partial charge on any atom is -0.480 e. The van der Waals surface area contributed by atoms with E-state index in [9.17, 15) is 4.79 Å². The second kappa shape index (κ2) is 4.98. The Labute approximate surface area is 89.3 Å². The summed E-state index contributed by atoms with van der Waals surface area (Å²) >= 11 is 0. The average Bonchev–Trinajstić information content (AvgIpc) is 2.08.